The summed E-state index contributed by atoms with van der Waals surface area (Å²) < 4.78 is 5.25. The minimum absolute atomic E-state index is 0.0993. The molecule has 1 saturated heterocycles. The number of furan rings is 1. The smallest absolute Gasteiger partial charge is 0.253 e. The molecule has 1 aromatic heterocycles. The van der Waals surface area contributed by atoms with Crippen molar-refractivity contribution in [2.75, 3.05) is 25.0 Å². The minimum Gasteiger partial charge on any atom is -0.467 e. The first-order chi connectivity index (χ1) is 15.7. The van der Waals surface area contributed by atoms with Crippen LogP contribution in [-0.4, -0.2) is 36.3 Å². The number of carbonyl (C=O) groups is 2. The van der Waals surface area contributed by atoms with E-state index in [0.29, 0.717) is 36.0 Å². The molecule has 0 saturated carbocycles. The van der Waals surface area contributed by atoms with E-state index >= 15 is 0 Å². The molecule has 0 unspecified atom stereocenters. The van der Waals surface area contributed by atoms with Gasteiger partial charge in [-0.3, -0.25) is 14.5 Å². The van der Waals surface area contributed by atoms with E-state index in [4.69, 9.17) is 4.42 Å². The Bertz CT molecular complexity index is 1010. The quantitative estimate of drug-likeness (QED) is 0.563. The van der Waals surface area contributed by atoms with Crippen molar-refractivity contribution in [3.05, 3.63) is 89.9 Å². The van der Waals surface area contributed by atoms with Crippen LogP contribution >= 0.6 is 0 Å². The van der Waals surface area contributed by atoms with Crippen LogP contribution in [0.3, 0.4) is 0 Å². The highest BCUT2D eigenvalue weighted by molar-refractivity contribution is 6.04. The fraction of sp³-hybridized carbons (Fsp3) is 0.308. The molecule has 0 spiro atoms. The molecular weight excluding hydrogens is 402 g/mol. The van der Waals surface area contributed by atoms with Gasteiger partial charge in [0.05, 0.1) is 30.6 Å². The summed E-state index contributed by atoms with van der Waals surface area (Å²) in [5, 5.41) is 5.74. The summed E-state index contributed by atoms with van der Waals surface area (Å²) in [6.07, 6.45) is 4.85. The van der Waals surface area contributed by atoms with Crippen molar-refractivity contribution in [2.24, 2.45) is 5.92 Å². The highest BCUT2D eigenvalue weighted by Gasteiger charge is 2.22. The molecule has 2 amide bonds. The zero-order valence-electron chi connectivity index (χ0n) is 18.1. The molecule has 6 nitrogen and oxygen atoms in total. The number of nitrogens with one attached hydrogen (secondary N) is 2. The Hall–Kier alpha value is -3.38. The largest absolute Gasteiger partial charge is 0.467 e. The number of anilines is 1. The SMILES string of the molecule is O=C(CN1CCC(Cc2ccccc2)CC1)Nc1ccccc1C(=O)NCc1ccco1. The maximum atomic E-state index is 12.7. The molecule has 1 aliphatic rings. The maximum Gasteiger partial charge on any atom is 0.253 e. The molecule has 2 aromatic carbocycles. The number of para-hydroxylation sites is 1. The van der Waals surface area contributed by atoms with Crippen LogP contribution in [0.15, 0.2) is 77.4 Å². The molecule has 166 valence electrons. The van der Waals surface area contributed by atoms with Crippen molar-refractivity contribution >= 4 is 17.5 Å². The summed E-state index contributed by atoms with van der Waals surface area (Å²) in [4.78, 5) is 27.5. The van der Waals surface area contributed by atoms with E-state index in [9.17, 15) is 9.59 Å². The van der Waals surface area contributed by atoms with Gasteiger partial charge in [0, 0.05) is 0 Å². The van der Waals surface area contributed by atoms with Crippen molar-refractivity contribution in [3.8, 4) is 0 Å². The monoisotopic (exact) mass is 431 g/mol. The fourth-order valence-electron chi connectivity index (χ4n) is 4.15. The van der Waals surface area contributed by atoms with Crippen LogP contribution in [0.1, 0.15) is 34.5 Å². The van der Waals surface area contributed by atoms with Crippen molar-refractivity contribution in [3.63, 3.8) is 0 Å². The van der Waals surface area contributed by atoms with Crippen LogP contribution < -0.4 is 10.6 Å². The highest BCUT2D eigenvalue weighted by atomic mass is 16.3. The van der Waals surface area contributed by atoms with Gasteiger partial charge in [-0.15, -0.1) is 0 Å². The molecular formula is C26H29N3O3. The summed E-state index contributed by atoms with van der Waals surface area (Å²) in [6, 6.07) is 21.2. The highest BCUT2D eigenvalue weighted by Crippen LogP contribution is 2.22. The Morgan fingerprint density at radius 2 is 1.69 bits per heavy atom. The van der Waals surface area contributed by atoms with Gasteiger partial charge in [-0.05, 0) is 68.1 Å². The normalized spacial score (nSPS) is 14.8. The number of likely N-dealkylation sites (tertiary alicyclic amines) is 1. The number of carbonyl (C=O) groups excluding carboxylic acids is 2. The number of hydrogen-bond donors (Lipinski definition) is 2. The van der Waals surface area contributed by atoms with Crippen molar-refractivity contribution < 1.29 is 14.0 Å². The van der Waals surface area contributed by atoms with Crippen molar-refractivity contribution in [1.82, 2.24) is 10.2 Å². The van der Waals surface area contributed by atoms with Crippen LogP contribution in [0.5, 0.6) is 0 Å². The van der Waals surface area contributed by atoms with Crippen LogP contribution in [-0.2, 0) is 17.8 Å². The van der Waals surface area contributed by atoms with Gasteiger partial charge in [-0.2, -0.15) is 0 Å². The first-order valence-corrected chi connectivity index (χ1v) is 11.1. The predicted octanol–water partition coefficient (Wildman–Crippen LogP) is 4.10. The van der Waals surface area contributed by atoms with Gasteiger partial charge in [-0.1, -0.05) is 42.5 Å². The van der Waals surface area contributed by atoms with Gasteiger partial charge < -0.3 is 15.1 Å². The summed E-state index contributed by atoms with van der Waals surface area (Å²) in [7, 11) is 0. The number of amides is 2. The van der Waals surface area contributed by atoms with Gasteiger partial charge in [0.2, 0.25) is 5.91 Å². The summed E-state index contributed by atoms with van der Waals surface area (Å²) in [5.41, 5.74) is 2.34. The van der Waals surface area contributed by atoms with Crippen LogP contribution in [0.25, 0.3) is 0 Å². The third-order valence-corrected chi connectivity index (χ3v) is 5.89. The lowest BCUT2D eigenvalue weighted by molar-refractivity contribution is -0.117. The zero-order valence-corrected chi connectivity index (χ0v) is 18.1. The Kier molecular flexibility index (Phi) is 7.35. The molecule has 32 heavy (non-hydrogen) atoms. The molecule has 0 aliphatic carbocycles. The molecule has 1 fully saturated rings. The van der Waals surface area contributed by atoms with E-state index in [2.05, 4.69) is 39.8 Å². The maximum absolute atomic E-state index is 12.7. The Morgan fingerprint density at radius 3 is 2.44 bits per heavy atom. The second-order valence-electron chi connectivity index (χ2n) is 8.27. The van der Waals surface area contributed by atoms with E-state index in [-0.39, 0.29) is 11.8 Å². The molecule has 1 aliphatic heterocycles. The Morgan fingerprint density at radius 1 is 0.938 bits per heavy atom. The molecule has 0 radical (unpaired) electrons. The average Bonchev–Trinajstić information content (AvgIpc) is 3.34. The van der Waals surface area contributed by atoms with Gasteiger partial charge in [0.15, 0.2) is 0 Å². The number of benzene rings is 2. The van der Waals surface area contributed by atoms with Gasteiger partial charge in [-0.25, -0.2) is 0 Å². The number of nitrogens with zero attached hydrogens (tertiary/aromatic N) is 1. The number of rotatable bonds is 8. The van der Waals surface area contributed by atoms with Crippen LogP contribution in [0.2, 0.25) is 0 Å². The fourth-order valence-corrected chi connectivity index (χ4v) is 4.15. The zero-order chi connectivity index (χ0) is 22.2. The third-order valence-electron chi connectivity index (χ3n) is 5.89. The molecule has 0 bridgehead atoms. The first kappa shape index (κ1) is 21.8. The lowest BCUT2D eigenvalue weighted by atomic mass is 9.90. The van der Waals surface area contributed by atoms with E-state index < -0.39 is 0 Å². The molecule has 4 rings (SSSR count). The second kappa shape index (κ2) is 10.8. The summed E-state index contributed by atoms with van der Waals surface area (Å²) >= 11 is 0. The van der Waals surface area contributed by atoms with E-state index in [1.165, 1.54) is 5.56 Å². The first-order valence-electron chi connectivity index (χ1n) is 11.1. The summed E-state index contributed by atoms with van der Waals surface area (Å²) in [5.74, 6) is 0.989. The predicted molar refractivity (Wildman–Crippen MR) is 124 cm³/mol. The molecule has 2 N–H and O–H groups in total. The molecule has 6 heteroatoms. The standard InChI is InChI=1S/C26H29N3O3/c30-25(19-29-14-12-21(13-15-29)17-20-7-2-1-3-8-20)28-24-11-5-4-10-23(24)26(31)27-18-22-9-6-16-32-22/h1-11,16,21H,12-15,17-19H2,(H,27,31)(H,28,30). The second-order valence-corrected chi connectivity index (χ2v) is 8.27. The van der Waals surface area contributed by atoms with Gasteiger partial charge >= 0.3 is 0 Å². The topological polar surface area (TPSA) is 74.6 Å². The lowest BCUT2D eigenvalue weighted by Gasteiger charge is -2.31. The number of hydrogen-bond acceptors (Lipinski definition) is 4. The number of piperidine rings is 1. The minimum atomic E-state index is -0.251. The van der Waals surface area contributed by atoms with Crippen LogP contribution in [0.4, 0.5) is 5.69 Å². The van der Waals surface area contributed by atoms with Gasteiger partial charge in [0.25, 0.3) is 5.91 Å². The summed E-state index contributed by atoms with van der Waals surface area (Å²) in [6.45, 7) is 2.46. The van der Waals surface area contributed by atoms with E-state index in [0.717, 1.165) is 32.4 Å². The molecule has 2 heterocycles. The van der Waals surface area contributed by atoms with Crippen LogP contribution in [0, 0.1) is 5.92 Å². The van der Waals surface area contributed by atoms with Gasteiger partial charge in [0.1, 0.15) is 5.76 Å². The van der Waals surface area contributed by atoms with E-state index in [1.54, 1.807) is 36.6 Å². The third kappa shape index (κ3) is 6.08. The average molecular weight is 432 g/mol. The molecule has 3 aromatic rings. The molecule has 0 atom stereocenters. The van der Waals surface area contributed by atoms with E-state index in [1.807, 2.05) is 12.1 Å². The van der Waals surface area contributed by atoms with Crippen molar-refractivity contribution in [1.29, 1.82) is 0 Å². The van der Waals surface area contributed by atoms with Crippen molar-refractivity contribution in [2.45, 2.75) is 25.8 Å². The Labute approximate surface area is 188 Å². The Balaban J connectivity index is 1.26. The lowest BCUT2D eigenvalue weighted by Crippen LogP contribution is -2.39.